The maximum atomic E-state index is 12.4. The summed E-state index contributed by atoms with van der Waals surface area (Å²) in [6.45, 7) is 1.79. The Bertz CT molecular complexity index is 984. The number of aryl methyl sites for hydroxylation is 1. The number of hydrogen-bond donors (Lipinski definition) is 3. The van der Waals surface area contributed by atoms with E-state index in [1.807, 2.05) is 0 Å². The summed E-state index contributed by atoms with van der Waals surface area (Å²) < 4.78 is 43.2. The molecule has 12 nitrogen and oxygen atoms in total. The van der Waals surface area contributed by atoms with E-state index in [4.69, 9.17) is 9.47 Å². The number of anilines is 2. The van der Waals surface area contributed by atoms with Crippen molar-refractivity contribution >= 4 is 45.2 Å². The predicted octanol–water partition coefficient (Wildman–Crippen LogP) is 1.38. The van der Waals surface area contributed by atoms with E-state index < -0.39 is 22.2 Å². The third kappa shape index (κ3) is 5.68. The number of aromatic nitrogens is 2. The fraction of sp³-hybridized carbons (Fsp3) is 0.333. The minimum atomic E-state index is -4.38. The van der Waals surface area contributed by atoms with Gasteiger partial charge in [0.15, 0.2) is 0 Å². The van der Waals surface area contributed by atoms with Gasteiger partial charge in [-0.1, -0.05) is 6.92 Å². The van der Waals surface area contributed by atoms with Gasteiger partial charge in [0.05, 0.1) is 38.6 Å². The Morgan fingerprint density at radius 1 is 1.14 bits per heavy atom. The van der Waals surface area contributed by atoms with Gasteiger partial charge < -0.3 is 14.2 Å². The van der Waals surface area contributed by atoms with Crippen LogP contribution in [0.4, 0.5) is 16.4 Å². The lowest BCUT2D eigenvalue weighted by atomic mass is 10.2. The first-order valence-electron chi connectivity index (χ1n) is 8.00. The Morgan fingerprint density at radius 2 is 1.76 bits per heavy atom. The molecule has 0 bridgehead atoms. The molecular formula is C15H19N5O7S2. The summed E-state index contributed by atoms with van der Waals surface area (Å²) in [5, 5.41) is 3.63. The maximum Gasteiger partial charge on any atom is 0.340 e. The van der Waals surface area contributed by atoms with Gasteiger partial charge in [-0.15, -0.1) is 11.3 Å². The molecule has 2 rings (SSSR count). The fourth-order valence-electron chi connectivity index (χ4n) is 2.11. The topological polar surface area (TPSA) is 158 Å². The smallest absolute Gasteiger partial charge is 0.340 e. The molecule has 0 aromatic carbocycles. The molecule has 158 valence electrons. The minimum absolute atomic E-state index is 0.0426. The molecule has 0 saturated carbocycles. The number of carbonyl (C=O) groups is 2. The summed E-state index contributed by atoms with van der Waals surface area (Å²) in [7, 11) is -0.500. The summed E-state index contributed by atoms with van der Waals surface area (Å²) in [5.74, 6) is -0.752. The highest BCUT2D eigenvalue weighted by Crippen LogP contribution is 2.30. The molecule has 0 fully saturated rings. The lowest BCUT2D eigenvalue weighted by molar-refractivity contribution is 0.0602. The van der Waals surface area contributed by atoms with Gasteiger partial charge in [0, 0.05) is 10.3 Å². The van der Waals surface area contributed by atoms with Crippen LogP contribution < -0.4 is 24.2 Å². The molecule has 0 aliphatic rings. The molecule has 0 radical (unpaired) electrons. The number of amides is 2. The summed E-state index contributed by atoms with van der Waals surface area (Å²) in [6, 6.07) is 0.235. The van der Waals surface area contributed by atoms with Crippen molar-refractivity contribution in [3.63, 3.8) is 0 Å². The molecular weight excluding hydrogens is 426 g/mol. The normalized spacial score (nSPS) is 10.8. The second kappa shape index (κ2) is 9.38. The van der Waals surface area contributed by atoms with Crippen molar-refractivity contribution in [1.29, 1.82) is 0 Å². The van der Waals surface area contributed by atoms with E-state index in [0.717, 1.165) is 0 Å². The van der Waals surface area contributed by atoms with E-state index in [2.05, 4.69) is 24.7 Å². The predicted molar refractivity (Wildman–Crippen MR) is 105 cm³/mol. The maximum absolute atomic E-state index is 12.4. The number of thiophene rings is 1. The van der Waals surface area contributed by atoms with Crippen LogP contribution in [0.15, 0.2) is 11.4 Å². The zero-order valence-electron chi connectivity index (χ0n) is 15.9. The number of urea groups is 1. The van der Waals surface area contributed by atoms with Gasteiger partial charge in [-0.2, -0.15) is 18.4 Å². The lowest BCUT2D eigenvalue weighted by Gasteiger charge is -2.12. The summed E-state index contributed by atoms with van der Waals surface area (Å²) in [6.07, 6.45) is 0.461. The Hall–Kier alpha value is -3.13. The molecule has 14 heteroatoms. The molecule has 0 aliphatic carbocycles. The number of nitrogens with zero attached hydrogens (tertiary/aromatic N) is 2. The number of carbonyl (C=O) groups excluding carboxylic acids is 2. The molecule has 2 amide bonds. The molecule has 29 heavy (non-hydrogen) atoms. The number of ether oxygens (including phenoxy) is 3. The lowest BCUT2D eigenvalue weighted by Crippen LogP contribution is -2.39. The highest BCUT2D eigenvalue weighted by Gasteiger charge is 2.23. The third-order valence-corrected chi connectivity index (χ3v) is 5.44. The van der Waals surface area contributed by atoms with Crippen molar-refractivity contribution in [3.05, 3.63) is 21.9 Å². The van der Waals surface area contributed by atoms with Crippen LogP contribution in [-0.2, 0) is 21.4 Å². The van der Waals surface area contributed by atoms with Crippen molar-refractivity contribution in [2.24, 2.45) is 0 Å². The quantitative estimate of drug-likeness (QED) is 0.510. The van der Waals surface area contributed by atoms with Crippen LogP contribution in [0.1, 0.15) is 22.2 Å². The van der Waals surface area contributed by atoms with Crippen molar-refractivity contribution < 1.29 is 32.2 Å². The highest BCUT2D eigenvalue weighted by molar-refractivity contribution is 7.91. The Morgan fingerprint density at radius 3 is 2.28 bits per heavy atom. The molecule has 3 N–H and O–H groups in total. The molecule has 2 heterocycles. The van der Waals surface area contributed by atoms with E-state index in [1.165, 1.54) is 44.1 Å². The monoisotopic (exact) mass is 445 g/mol. The van der Waals surface area contributed by atoms with E-state index >= 15 is 0 Å². The van der Waals surface area contributed by atoms with E-state index in [9.17, 15) is 18.0 Å². The highest BCUT2D eigenvalue weighted by atomic mass is 32.2. The summed E-state index contributed by atoms with van der Waals surface area (Å²) >= 11 is 1.19. The molecule has 0 unspecified atom stereocenters. The third-order valence-electron chi connectivity index (χ3n) is 3.38. The van der Waals surface area contributed by atoms with Crippen molar-refractivity contribution in [2.75, 3.05) is 31.4 Å². The molecule has 2 aromatic rings. The van der Waals surface area contributed by atoms with Gasteiger partial charge in [-0.05, 0) is 6.42 Å². The van der Waals surface area contributed by atoms with Gasteiger partial charge >= 0.3 is 22.2 Å². The second-order valence-corrected chi connectivity index (χ2v) is 7.61. The minimum Gasteiger partial charge on any atom is -0.481 e. The van der Waals surface area contributed by atoms with E-state index in [0.29, 0.717) is 11.3 Å². The molecule has 0 aliphatic heterocycles. The molecule has 0 atom stereocenters. The van der Waals surface area contributed by atoms with Crippen molar-refractivity contribution in [3.8, 4) is 11.8 Å². The van der Waals surface area contributed by atoms with Crippen LogP contribution in [0, 0.1) is 0 Å². The van der Waals surface area contributed by atoms with E-state index in [-0.39, 0.29) is 29.0 Å². The molecule has 2 aromatic heterocycles. The SMILES string of the molecule is CCc1scc(C(=O)OC)c1NS(=O)(=O)NC(=O)Nc1nc(OC)cc(OC)n1. The molecule has 0 spiro atoms. The Kier molecular flexibility index (Phi) is 7.17. The molecule has 0 saturated heterocycles. The van der Waals surface area contributed by atoms with Crippen LogP contribution in [0.2, 0.25) is 0 Å². The van der Waals surface area contributed by atoms with Gasteiger partial charge in [-0.3, -0.25) is 10.0 Å². The summed E-state index contributed by atoms with van der Waals surface area (Å²) in [4.78, 5) is 32.3. The van der Waals surface area contributed by atoms with Crippen LogP contribution in [0.25, 0.3) is 0 Å². The first-order chi connectivity index (χ1) is 13.7. The zero-order chi connectivity index (χ0) is 21.6. The van der Waals surface area contributed by atoms with Crippen LogP contribution in [0.3, 0.4) is 0 Å². The number of esters is 1. The first-order valence-corrected chi connectivity index (χ1v) is 10.4. The number of methoxy groups -OCH3 is 3. The fourth-order valence-corrected chi connectivity index (χ4v) is 3.94. The zero-order valence-corrected chi connectivity index (χ0v) is 17.6. The van der Waals surface area contributed by atoms with Crippen molar-refractivity contribution in [2.45, 2.75) is 13.3 Å². The second-order valence-electron chi connectivity index (χ2n) is 5.23. The Balaban J connectivity index is 2.17. The van der Waals surface area contributed by atoms with Crippen LogP contribution in [-0.4, -0.2) is 51.7 Å². The summed E-state index contributed by atoms with van der Waals surface area (Å²) in [5.41, 5.74) is 0.0879. The van der Waals surface area contributed by atoms with Crippen LogP contribution >= 0.6 is 11.3 Å². The number of rotatable bonds is 8. The largest absolute Gasteiger partial charge is 0.481 e. The Labute approximate surface area is 170 Å². The number of nitrogens with one attached hydrogen (secondary N) is 3. The average molecular weight is 445 g/mol. The number of hydrogen-bond acceptors (Lipinski definition) is 10. The van der Waals surface area contributed by atoms with Gasteiger partial charge in [0.25, 0.3) is 0 Å². The van der Waals surface area contributed by atoms with E-state index in [1.54, 1.807) is 11.6 Å². The van der Waals surface area contributed by atoms with Gasteiger partial charge in [0.2, 0.25) is 17.7 Å². The van der Waals surface area contributed by atoms with Crippen molar-refractivity contribution in [1.82, 2.24) is 14.7 Å². The average Bonchev–Trinajstić information content (AvgIpc) is 3.07. The van der Waals surface area contributed by atoms with Gasteiger partial charge in [0.1, 0.15) is 0 Å². The van der Waals surface area contributed by atoms with Crippen LogP contribution in [0.5, 0.6) is 11.8 Å². The standard InChI is InChI=1S/C15H19N5O7S2/c1-5-9-12(8(7-28-9)13(21)27-4)19-29(23,24)20-15(22)18-14-16-10(25-2)6-11(17-14)26-3/h6-7,19H,5H2,1-4H3,(H2,16,17,18,20,22). The first kappa shape index (κ1) is 22.2. The van der Waals surface area contributed by atoms with Gasteiger partial charge in [-0.25, -0.2) is 14.3 Å².